The first kappa shape index (κ1) is 13.8. The second kappa shape index (κ2) is 5.54. The zero-order valence-corrected chi connectivity index (χ0v) is 12.1. The standard InChI is InChI=1S/C15H23NOS/c1-15(2,18(16)17)11-14(13-9-6-10-13)12-7-4-3-5-8-12/h3-5,7-8,13-14H,6,9-11,16H2,1-2H3/t14-,18?/m1/s1. The smallest absolute Gasteiger partial charge is 0.0945 e. The molecule has 1 aromatic rings. The van der Waals surface area contributed by atoms with Gasteiger partial charge in [-0.15, -0.1) is 0 Å². The van der Waals surface area contributed by atoms with Gasteiger partial charge in [-0.25, -0.2) is 4.21 Å². The molecule has 1 aliphatic carbocycles. The minimum absolute atomic E-state index is 0.309. The van der Waals surface area contributed by atoms with Crippen LogP contribution < -0.4 is 5.14 Å². The van der Waals surface area contributed by atoms with E-state index in [1.807, 2.05) is 19.9 Å². The van der Waals surface area contributed by atoms with Crippen molar-refractivity contribution in [1.29, 1.82) is 0 Å². The molecule has 1 fully saturated rings. The Kier molecular flexibility index (Phi) is 4.23. The fraction of sp³-hybridized carbons (Fsp3) is 0.600. The van der Waals surface area contributed by atoms with E-state index in [2.05, 4.69) is 24.3 Å². The largest absolute Gasteiger partial charge is 0.251 e. The summed E-state index contributed by atoms with van der Waals surface area (Å²) in [5.41, 5.74) is 1.38. The van der Waals surface area contributed by atoms with Gasteiger partial charge in [0.25, 0.3) is 0 Å². The molecule has 0 saturated heterocycles. The van der Waals surface area contributed by atoms with Crippen molar-refractivity contribution in [2.24, 2.45) is 11.1 Å². The highest BCUT2D eigenvalue weighted by Crippen LogP contribution is 2.43. The predicted octanol–water partition coefficient (Wildman–Crippen LogP) is 3.36. The van der Waals surface area contributed by atoms with Crippen LogP contribution in [0.5, 0.6) is 0 Å². The van der Waals surface area contributed by atoms with Gasteiger partial charge in [0.1, 0.15) is 0 Å². The average Bonchev–Trinajstić information content (AvgIpc) is 2.26. The van der Waals surface area contributed by atoms with Crippen molar-refractivity contribution < 1.29 is 4.21 Å². The lowest BCUT2D eigenvalue weighted by Gasteiger charge is -2.38. The summed E-state index contributed by atoms with van der Waals surface area (Å²) in [5.74, 6) is 1.25. The van der Waals surface area contributed by atoms with E-state index in [0.29, 0.717) is 5.92 Å². The monoisotopic (exact) mass is 265 g/mol. The Bertz CT molecular complexity index is 412. The first-order valence-corrected chi connectivity index (χ1v) is 7.93. The van der Waals surface area contributed by atoms with E-state index in [4.69, 9.17) is 5.14 Å². The summed E-state index contributed by atoms with van der Waals surface area (Å²) in [7, 11) is -1.26. The fourth-order valence-corrected chi connectivity index (χ4v) is 3.05. The molecule has 1 unspecified atom stereocenters. The van der Waals surface area contributed by atoms with Crippen molar-refractivity contribution in [3.8, 4) is 0 Å². The van der Waals surface area contributed by atoms with Crippen LogP contribution in [0.25, 0.3) is 0 Å². The van der Waals surface area contributed by atoms with E-state index in [-0.39, 0.29) is 4.75 Å². The van der Waals surface area contributed by atoms with Gasteiger partial charge in [0.15, 0.2) is 0 Å². The van der Waals surface area contributed by atoms with Gasteiger partial charge in [-0.3, -0.25) is 5.14 Å². The van der Waals surface area contributed by atoms with Gasteiger partial charge in [0.05, 0.1) is 15.7 Å². The first-order valence-electron chi connectivity index (χ1n) is 6.72. The van der Waals surface area contributed by atoms with Gasteiger partial charge in [0.2, 0.25) is 0 Å². The van der Waals surface area contributed by atoms with Gasteiger partial charge in [-0.2, -0.15) is 0 Å². The molecule has 100 valence electrons. The Morgan fingerprint density at radius 2 is 1.94 bits per heavy atom. The van der Waals surface area contributed by atoms with E-state index in [1.165, 1.54) is 24.8 Å². The molecule has 2 N–H and O–H groups in total. The number of rotatable bonds is 5. The van der Waals surface area contributed by atoms with Crippen molar-refractivity contribution in [3.63, 3.8) is 0 Å². The van der Waals surface area contributed by atoms with Crippen molar-refractivity contribution in [3.05, 3.63) is 35.9 Å². The average molecular weight is 265 g/mol. The molecule has 0 spiro atoms. The SMILES string of the molecule is CC(C)(C[C@H](c1ccccc1)C1CCC1)S(N)=O. The summed E-state index contributed by atoms with van der Waals surface area (Å²) in [4.78, 5) is 0. The predicted molar refractivity (Wildman–Crippen MR) is 77.5 cm³/mol. The molecule has 18 heavy (non-hydrogen) atoms. The summed E-state index contributed by atoms with van der Waals surface area (Å²) in [5, 5.41) is 5.63. The molecule has 2 rings (SSSR count). The van der Waals surface area contributed by atoms with E-state index < -0.39 is 11.0 Å². The Morgan fingerprint density at radius 1 is 1.33 bits per heavy atom. The molecule has 0 bridgehead atoms. The van der Waals surface area contributed by atoms with Crippen LogP contribution in [0.15, 0.2) is 30.3 Å². The molecule has 0 heterocycles. The highest BCUT2D eigenvalue weighted by Gasteiger charge is 2.35. The number of hydrogen-bond donors (Lipinski definition) is 1. The van der Waals surface area contributed by atoms with E-state index in [9.17, 15) is 4.21 Å². The van der Waals surface area contributed by atoms with Crippen LogP contribution in [0, 0.1) is 5.92 Å². The number of hydrogen-bond acceptors (Lipinski definition) is 1. The lowest BCUT2D eigenvalue weighted by molar-refractivity contribution is 0.241. The molecule has 2 atom stereocenters. The van der Waals surface area contributed by atoms with Gasteiger partial charge < -0.3 is 0 Å². The van der Waals surface area contributed by atoms with E-state index >= 15 is 0 Å². The lowest BCUT2D eigenvalue weighted by atomic mass is 9.70. The lowest BCUT2D eigenvalue weighted by Crippen LogP contribution is -2.36. The van der Waals surface area contributed by atoms with Crippen LogP contribution in [0.2, 0.25) is 0 Å². The summed E-state index contributed by atoms with van der Waals surface area (Å²) < 4.78 is 11.3. The summed E-state index contributed by atoms with van der Waals surface area (Å²) >= 11 is 0. The zero-order chi connectivity index (χ0) is 13.2. The van der Waals surface area contributed by atoms with Crippen LogP contribution in [0.4, 0.5) is 0 Å². The maximum Gasteiger partial charge on any atom is 0.0945 e. The van der Waals surface area contributed by atoms with Crippen molar-refractivity contribution in [2.75, 3.05) is 0 Å². The minimum Gasteiger partial charge on any atom is -0.251 e. The third-order valence-electron chi connectivity index (χ3n) is 4.20. The van der Waals surface area contributed by atoms with Gasteiger partial charge in [0, 0.05) is 0 Å². The minimum atomic E-state index is -1.26. The quantitative estimate of drug-likeness (QED) is 0.871. The summed E-state index contributed by atoms with van der Waals surface area (Å²) in [6.45, 7) is 4.02. The number of nitrogens with two attached hydrogens (primary N) is 1. The van der Waals surface area contributed by atoms with Crippen molar-refractivity contribution in [2.45, 2.75) is 50.2 Å². The fourth-order valence-electron chi connectivity index (χ4n) is 2.71. The van der Waals surface area contributed by atoms with Gasteiger partial charge in [-0.05, 0) is 50.5 Å². The molecule has 0 aromatic heterocycles. The van der Waals surface area contributed by atoms with Gasteiger partial charge >= 0.3 is 0 Å². The van der Waals surface area contributed by atoms with E-state index in [1.54, 1.807) is 0 Å². The van der Waals surface area contributed by atoms with Gasteiger partial charge in [-0.1, -0.05) is 36.8 Å². The molecule has 1 aliphatic rings. The van der Waals surface area contributed by atoms with Crippen LogP contribution in [-0.4, -0.2) is 8.96 Å². The van der Waals surface area contributed by atoms with E-state index in [0.717, 1.165) is 12.3 Å². The maximum absolute atomic E-state index is 11.7. The molecule has 0 radical (unpaired) electrons. The molecule has 0 amide bonds. The Labute approximate surface area is 113 Å². The highest BCUT2D eigenvalue weighted by molar-refractivity contribution is 7.84. The number of benzene rings is 1. The van der Waals surface area contributed by atoms with Crippen molar-refractivity contribution in [1.82, 2.24) is 0 Å². The zero-order valence-electron chi connectivity index (χ0n) is 11.3. The second-order valence-electron chi connectivity index (χ2n) is 5.97. The normalized spacial score (nSPS) is 20.2. The summed E-state index contributed by atoms with van der Waals surface area (Å²) in [6, 6.07) is 10.6. The third-order valence-corrected chi connectivity index (χ3v) is 5.46. The molecule has 3 heteroatoms. The van der Waals surface area contributed by atoms with Crippen LogP contribution >= 0.6 is 0 Å². The Balaban J connectivity index is 2.19. The Hall–Kier alpha value is -0.670. The van der Waals surface area contributed by atoms with Crippen LogP contribution in [0.1, 0.15) is 51.0 Å². The second-order valence-corrected chi connectivity index (χ2v) is 7.67. The van der Waals surface area contributed by atoms with Crippen LogP contribution in [-0.2, 0) is 11.0 Å². The van der Waals surface area contributed by atoms with Crippen LogP contribution in [0.3, 0.4) is 0 Å². The molecule has 2 nitrogen and oxygen atoms in total. The van der Waals surface area contributed by atoms with Crippen molar-refractivity contribution >= 4 is 11.0 Å². The molecular formula is C15H23NOS. The Morgan fingerprint density at radius 3 is 2.39 bits per heavy atom. The molecule has 1 aromatic carbocycles. The summed E-state index contributed by atoms with van der Waals surface area (Å²) in [6.07, 6.45) is 4.84. The third kappa shape index (κ3) is 3.01. The molecular weight excluding hydrogens is 242 g/mol. The first-order chi connectivity index (χ1) is 8.50. The highest BCUT2D eigenvalue weighted by atomic mass is 32.2. The molecule has 0 aliphatic heterocycles. The topological polar surface area (TPSA) is 43.1 Å². The molecule has 1 saturated carbocycles. The maximum atomic E-state index is 11.7.